The fourth-order valence-corrected chi connectivity index (χ4v) is 5.49. The normalized spacial score (nSPS) is 14.8. The number of hydrogen-bond donors (Lipinski definition) is 3. The van der Waals surface area contributed by atoms with Gasteiger partial charge >= 0.3 is 11.9 Å². The third kappa shape index (κ3) is 11.2. The van der Waals surface area contributed by atoms with Crippen LogP contribution in [0.15, 0.2) is 54.6 Å². The molecule has 2 aromatic carbocycles. The van der Waals surface area contributed by atoms with E-state index in [-0.39, 0.29) is 41.7 Å². The molecule has 0 aliphatic carbocycles. The van der Waals surface area contributed by atoms with Gasteiger partial charge in [-0.15, -0.1) is 0 Å². The fraction of sp³-hybridized carbons (Fsp3) is 0.370. The molecule has 1 saturated heterocycles. The van der Waals surface area contributed by atoms with Crippen molar-refractivity contribution in [2.24, 2.45) is 11.7 Å². The van der Waals surface area contributed by atoms with Crippen molar-refractivity contribution >= 4 is 27.7 Å². The van der Waals surface area contributed by atoms with Crippen LogP contribution < -0.4 is 5.73 Å². The van der Waals surface area contributed by atoms with Gasteiger partial charge in [-0.2, -0.15) is 0 Å². The molecule has 218 valence electrons. The minimum absolute atomic E-state index is 0.00613. The van der Waals surface area contributed by atoms with E-state index in [9.17, 15) is 36.0 Å². The van der Waals surface area contributed by atoms with E-state index in [2.05, 4.69) is 0 Å². The number of nitrogens with two attached hydrogens (primary N) is 1. The summed E-state index contributed by atoms with van der Waals surface area (Å²) in [4.78, 5) is 33.2. The third-order valence-corrected chi connectivity index (χ3v) is 7.87. The highest BCUT2D eigenvalue weighted by Gasteiger charge is 2.28. The van der Waals surface area contributed by atoms with Crippen LogP contribution in [0.5, 0.6) is 0 Å². The summed E-state index contributed by atoms with van der Waals surface area (Å²) in [7, 11) is -3.40. The number of piperidine rings is 1. The Morgan fingerprint density at radius 3 is 2.05 bits per heavy atom. The first-order valence-electron chi connectivity index (χ1n) is 12.3. The molecular formula is C27H31F3N2O7S. The Bertz CT molecular complexity index is 1300. The summed E-state index contributed by atoms with van der Waals surface area (Å²) >= 11 is 0. The van der Waals surface area contributed by atoms with Gasteiger partial charge in [0.25, 0.3) is 0 Å². The number of aliphatic carboxylic acids is 2. The average molecular weight is 585 g/mol. The van der Waals surface area contributed by atoms with E-state index in [1.807, 2.05) is 6.07 Å². The molecule has 1 amide bonds. The van der Waals surface area contributed by atoms with Gasteiger partial charge in [-0.1, -0.05) is 30.3 Å². The van der Waals surface area contributed by atoms with Gasteiger partial charge in [0.2, 0.25) is 5.91 Å². The Balaban J connectivity index is 0.000000611. The van der Waals surface area contributed by atoms with Gasteiger partial charge in [-0.3, -0.25) is 4.79 Å². The Morgan fingerprint density at radius 2 is 1.50 bits per heavy atom. The SMILES string of the molecule is N[C@H](Cc1cc(F)c(F)cc1F)C1CCN(C(=O)CCS(=O)(=O)Cc2ccccc2)CC1.O=C(O)/C=C\C(=O)O. The molecule has 4 N–H and O–H groups in total. The molecule has 0 saturated carbocycles. The van der Waals surface area contributed by atoms with Gasteiger partial charge in [0.1, 0.15) is 5.82 Å². The van der Waals surface area contributed by atoms with Crippen LogP contribution >= 0.6 is 0 Å². The molecule has 0 unspecified atom stereocenters. The molecule has 0 spiro atoms. The second-order valence-electron chi connectivity index (χ2n) is 9.28. The van der Waals surface area contributed by atoms with E-state index in [4.69, 9.17) is 15.9 Å². The first kappa shape index (κ1) is 32.5. The molecule has 0 radical (unpaired) electrons. The summed E-state index contributed by atoms with van der Waals surface area (Å²) in [6.45, 7) is 0.854. The lowest BCUT2D eigenvalue weighted by Crippen LogP contribution is -2.44. The van der Waals surface area contributed by atoms with Crippen molar-refractivity contribution in [3.05, 3.63) is 83.2 Å². The largest absolute Gasteiger partial charge is 0.478 e. The average Bonchev–Trinajstić information content (AvgIpc) is 2.90. The molecule has 1 aliphatic heterocycles. The topological polar surface area (TPSA) is 155 Å². The molecule has 9 nitrogen and oxygen atoms in total. The minimum atomic E-state index is -3.40. The lowest BCUT2D eigenvalue weighted by atomic mass is 9.86. The van der Waals surface area contributed by atoms with Crippen LogP contribution in [0.4, 0.5) is 13.2 Å². The summed E-state index contributed by atoms with van der Waals surface area (Å²) < 4.78 is 65.0. The van der Waals surface area contributed by atoms with Crippen LogP contribution in [-0.2, 0) is 36.4 Å². The van der Waals surface area contributed by atoms with Crippen molar-refractivity contribution in [2.45, 2.75) is 37.5 Å². The molecule has 2 aromatic rings. The van der Waals surface area contributed by atoms with E-state index >= 15 is 0 Å². The van der Waals surface area contributed by atoms with Crippen LogP contribution in [-0.4, -0.2) is 66.3 Å². The zero-order valence-electron chi connectivity index (χ0n) is 21.5. The molecular weight excluding hydrogens is 553 g/mol. The molecule has 3 rings (SSSR count). The molecule has 1 aliphatic rings. The third-order valence-electron chi connectivity index (χ3n) is 6.27. The highest BCUT2D eigenvalue weighted by Crippen LogP contribution is 2.24. The van der Waals surface area contributed by atoms with E-state index in [1.165, 1.54) is 0 Å². The van der Waals surface area contributed by atoms with E-state index in [1.54, 1.807) is 29.2 Å². The number of likely N-dealkylation sites (tertiary alicyclic amines) is 1. The van der Waals surface area contributed by atoms with Crippen LogP contribution in [0.25, 0.3) is 0 Å². The molecule has 1 fully saturated rings. The zero-order chi connectivity index (χ0) is 29.9. The van der Waals surface area contributed by atoms with Crippen molar-refractivity contribution in [3.8, 4) is 0 Å². The van der Waals surface area contributed by atoms with Crippen molar-refractivity contribution in [1.82, 2.24) is 4.90 Å². The van der Waals surface area contributed by atoms with Gasteiger partial charge in [-0.05, 0) is 42.4 Å². The van der Waals surface area contributed by atoms with Gasteiger partial charge in [0.05, 0.1) is 11.5 Å². The molecule has 13 heteroatoms. The van der Waals surface area contributed by atoms with Crippen molar-refractivity contribution in [1.29, 1.82) is 0 Å². The monoisotopic (exact) mass is 584 g/mol. The number of carbonyl (C=O) groups excluding carboxylic acids is 1. The highest BCUT2D eigenvalue weighted by molar-refractivity contribution is 7.90. The Hall–Kier alpha value is -3.71. The summed E-state index contributed by atoms with van der Waals surface area (Å²) in [6.07, 6.45) is 2.26. The van der Waals surface area contributed by atoms with E-state index < -0.39 is 45.3 Å². The lowest BCUT2D eigenvalue weighted by Gasteiger charge is -2.35. The number of hydrogen-bond acceptors (Lipinski definition) is 6. The van der Waals surface area contributed by atoms with Gasteiger partial charge in [0, 0.05) is 43.8 Å². The number of nitrogens with zero attached hydrogens (tertiary/aromatic N) is 1. The zero-order valence-corrected chi connectivity index (χ0v) is 22.3. The number of amides is 1. The first-order valence-corrected chi connectivity index (χ1v) is 14.1. The molecule has 40 heavy (non-hydrogen) atoms. The summed E-state index contributed by atoms with van der Waals surface area (Å²) in [5, 5.41) is 15.6. The quantitative estimate of drug-likeness (QED) is 0.284. The number of carbonyl (C=O) groups is 3. The number of benzene rings is 2. The van der Waals surface area contributed by atoms with E-state index in [0.29, 0.717) is 49.7 Å². The van der Waals surface area contributed by atoms with Gasteiger partial charge in [0.15, 0.2) is 21.5 Å². The maximum Gasteiger partial charge on any atom is 0.328 e. The van der Waals surface area contributed by atoms with Crippen LogP contribution in [0.2, 0.25) is 0 Å². The minimum Gasteiger partial charge on any atom is -0.478 e. The Kier molecular flexibility index (Phi) is 12.3. The highest BCUT2D eigenvalue weighted by atomic mass is 32.2. The number of carboxylic acid groups (broad SMARTS) is 2. The molecule has 0 aromatic heterocycles. The maximum absolute atomic E-state index is 13.9. The number of halogens is 3. The van der Waals surface area contributed by atoms with Gasteiger partial charge < -0.3 is 20.8 Å². The molecule has 1 atom stereocenters. The van der Waals surface area contributed by atoms with Crippen LogP contribution in [0.3, 0.4) is 0 Å². The Labute approximate surface area is 230 Å². The van der Waals surface area contributed by atoms with Crippen LogP contribution in [0.1, 0.15) is 30.4 Å². The number of carboxylic acids is 2. The standard InChI is InChI=1S/C23H27F3N2O3S.C4H4O4/c24-19-14-21(26)20(25)12-18(19)13-22(27)17-6-9-28(10-7-17)23(29)8-11-32(30,31)15-16-4-2-1-3-5-16;5-3(6)1-2-4(7)8/h1-5,12,14,17,22H,6-11,13,15,27H2;1-2H,(H,5,6)(H,7,8)/b;2-1-/t22-;/m1./s1. The van der Waals surface area contributed by atoms with Crippen molar-refractivity contribution in [3.63, 3.8) is 0 Å². The first-order chi connectivity index (χ1) is 18.8. The second-order valence-corrected chi connectivity index (χ2v) is 11.5. The Morgan fingerprint density at radius 1 is 0.950 bits per heavy atom. The fourth-order valence-electron chi connectivity index (χ4n) is 4.16. The van der Waals surface area contributed by atoms with Crippen molar-refractivity contribution in [2.75, 3.05) is 18.8 Å². The molecule has 1 heterocycles. The van der Waals surface area contributed by atoms with Crippen molar-refractivity contribution < 1.29 is 46.2 Å². The number of rotatable bonds is 10. The predicted octanol–water partition coefficient (Wildman–Crippen LogP) is 2.93. The van der Waals surface area contributed by atoms with Gasteiger partial charge in [-0.25, -0.2) is 31.2 Å². The maximum atomic E-state index is 13.9. The summed E-state index contributed by atoms with van der Waals surface area (Å²) in [5.41, 5.74) is 6.90. The predicted molar refractivity (Wildman–Crippen MR) is 140 cm³/mol. The smallest absolute Gasteiger partial charge is 0.328 e. The summed E-state index contributed by atoms with van der Waals surface area (Å²) in [6, 6.07) is 9.71. The van der Waals surface area contributed by atoms with Crippen LogP contribution in [0, 0.1) is 23.4 Å². The molecule has 0 bridgehead atoms. The second kappa shape index (κ2) is 15.2. The van der Waals surface area contributed by atoms with E-state index in [0.717, 1.165) is 6.07 Å². The lowest BCUT2D eigenvalue weighted by molar-refractivity contribution is -0.134. The summed E-state index contributed by atoms with van der Waals surface area (Å²) in [5.74, 6) is -6.24. The number of sulfone groups is 1.